The number of rotatable bonds is 1. The number of hydrogen-bond donors (Lipinski definition) is 1. The van der Waals surface area contributed by atoms with Gasteiger partial charge in [0.25, 0.3) is 0 Å². The summed E-state index contributed by atoms with van der Waals surface area (Å²) in [5, 5.41) is 0. The molecule has 0 saturated carbocycles. The molecule has 1 aromatic rings. The van der Waals surface area contributed by atoms with Crippen molar-refractivity contribution in [1.29, 1.82) is 0 Å². The van der Waals surface area contributed by atoms with Crippen molar-refractivity contribution < 1.29 is 4.79 Å². The first-order valence-corrected chi connectivity index (χ1v) is 6.32. The molecule has 1 amide bonds. The summed E-state index contributed by atoms with van der Waals surface area (Å²) in [5.74, 6) is 6.11. The monoisotopic (exact) mass is 242 g/mol. The molecule has 0 aliphatic carbocycles. The van der Waals surface area contributed by atoms with E-state index >= 15 is 0 Å². The van der Waals surface area contributed by atoms with E-state index in [1.54, 1.807) is 0 Å². The number of carbonyl (C=O) groups excluding carboxylic acids is 1. The first-order valence-electron chi connectivity index (χ1n) is 6.32. The minimum atomic E-state index is 0.224. The van der Waals surface area contributed by atoms with Gasteiger partial charge in [0.15, 0.2) is 0 Å². The maximum Gasteiger partial charge on any atom is 0.226 e. The van der Waals surface area contributed by atoms with E-state index in [9.17, 15) is 4.79 Å². The molecule has 0 bridgehead atoms. The normalized spacial score (nSPS) is 15.2. The summed E-state index contributed by atoms with van der Waals surface area (Å²) in [7, 11) is 0. The van der Waals surface area contributed by atoms with Crippen molar-refractivity contribution in [2.45, 2.75) is 26.2 Å². The Morgan fingerprint density at radius 1 is 1.39 bits per heavy atom. The van der Waals surface area contributed by atoms with Crippen molar-refractivity contribution in [2.75, 3.05) is 18.0 Å². The molecule has 3 nitrogen and oxygen atoms in total. The number of nitrogens with two attached hydrogens (primary N) is 1. The number of anilines is 1. The number of aryl methyl sites for hydroxylation is 1. The summed E-state index contributed by atoms with van der Waals surface area (Å²) >= 11 is 0. The summed E-state index contributed by atoms with van der Waals surface area (Å²) in [6.07, 6.45) is 2.75. The van der Waals surface area contributed by atoms with E-state index in [4.69, 9.17) is 5.73 Å². The third-order valence-electron chi connectivity index (χ3n) is 3.17. The number of hydrogen-bond acceptors (Lipinski definition) is 2. The Hall–Kier alpha value is -1.79. The second-order valence-corrected chi connectivity index (χ2v) is 4.51. The molecule has 2 N–H and O–H groups in total. The number of benzene rings is 1. The van der Waals surface area contributed by atoms with Gasteiger partial charge in [-0.2, -0.15) is 0 Å². The van der Waals surface area contributed by atoms with Crippen LogP contribution < -0.4 is 10.6 Å². The molecule has 1 fully saturated rings. The molecule has 0 aromatic heterocycles. The standard InChI is InChI=1S/C15H18N2O/c1-12-11-14(8-7-13(12)5-4-9-16)17-10-3-2-6-15(17)18/h7-8,11H,2-3,6,9-10,16H2,1H3. The fraction of sp³-hybridized carbons (Fsp3) is 0.400. The van der Waals surface area contributed by atoms with Crippen molar-refractivity contribution >= 4 is 11.6 Å². The molecular formula is C15H18N2O. The highest BCUT2D eigenvalue weighted by Gasteiger charge is 2.19. The number of piperidine rings is 1. The molecule has 2 rings (SSSR count). The highest BCUT2D eigenvalue weighted by molar-refractivity contribution is 5.94. The predicted molar refractivity (Wildman–Crippen MR) is 73.3 cm³/mol. The van der Waals surface area contributed by atoms with E-state index in [0.717, 1.165) is 36.2 Å². The van der Waals surface area contributed by atoms with Crippen LogP contribution in [-0.2, 0) is 4.79 Å². The summed E-state index contributed by atoms with van der Waals surface area (Å²) in [5.41, 5.74) is 8.42. The van der Waals surface area contributed by atoms with Gasteiger partial charge in [0, 0.05) is 24.2 Å². The summed E-state index contributed by atoms with van der Waals surface area (Å²) in [6, 6.07) is 5.97. The van der Waals surface area contributed by atoms with Crippen LogP contribution in [0.1, 0.15) is 30.4 Å². The predicted octanol–water partition coefficient (Wildman–Crippen LogP) is 1.82. The Balaban J connectivity index is 2.25. The molecule has 94 valence electrons. The Labute approximate surface area is 108 Å². The van der Waals surface area contributed by atoms with E-state index in [0.29, 0.717) is 13.0 Å². The first-order chi connectivity index (χ1) is 8.72. The van der Waals surface area contributed by atoms with Gasteiger partial charge in [-0.3, -0.25) is 4.79 Å². The second kappa shape index (κ2) is 5.70. The fourth-order valence-electron chi connectivity index (χ4n) is 2.18. The lowest BCUT2D eigenvalue weighted by molar-refractivity contribution is -0.119. The van der Waals surface area contributed by atoms with Gasteiger partial charge in [0.1, 0.15) is 0 Å². The largest absolute Gasteiger partial charge is 0.320 e. The average Bonchev–Trinajstić information content (AvgIpc) is 2.38. The van der Waals surface area contributed by atoms with Crippen LogP contribution in [0.15, 0.2) is 18.2 Å². The fourth-order valence-corrected chi connectivity index (χ4v) is 2.18. The van der Waals surface area contributed by atoms with Crippen LogP contribution in [0.5, 0.6) is 0 Å². The molecule has 3 heteroatoms. The zero-order valence-electron chi connectivity index (χ0n) is 10.7. The van der Waals surface area contributed by atoms with Gasteiger partial charge in [-0.1, -0.05) is 11.8 Å². The lowest BCUT2D eigenvalue weighted by Crippen LogP contribution is -2.35. The second-order valence-electron chi connectivity index (χ2n) is 4.51. The highest BCUT2D eigenvalue weighted by Crippen LogP contribution is 2.23. The van der Waals surface area contributed by atoms with Gasteiger partial charge in [0.2, 0.25) is 5.91 Å². The van der Waals surface area contributed by atoms with Crippen molar-refractivity contribution in [3.63, 3.8) is 0 Å². The van der Waals surface area contributed by atoms with E-state index in [1.807, 2.05) is 30.0 Å². The smallest absolute Gasteiger partial charge is 0.226 e. The number of carbonyl (C=O) groups is 1. The molecule has 1 saturated heterocycles. The van der Waals surface area contributed by atoms with Crippen LogP contribution in [0.2, 0.25) is 0 Å². The van der Waals surface area contributed by atoms with Gasteiger partial charge in [0.05, 0.1) is 6.54 Å². The highest BCUT2D eigenvalue weighted by atomic mass is 16.2. The Morgan fingerprint density at radius 2 is 2.22 bits per heavy atom. The van der Waals surface area contributed by atoms with Crippen LogP contribution in [0.3, 0.4) is 0 Å². The Morgan fingerprint density at radius 3 is 2.89 bits per heavy atom. The molecular weight excluding hydrogens is 224 g/mol. The maximum atomic E-state index is 11.8. The summed E-state index contributed by atoms with van der Waals surface area (Å²) in [4.78, 5) is 13.7. The van der Waals surface area contributed by atoms with Crippen LogP contribution in [0.4, 0.5) is 5.69 Å². The van der Waals surface area contributed by atoms with Gasteiger partial charge in [-0.05, 0) is 43.5 Å². The molecule has 1 aliphatic heterocycles. The molecule has 1 aliphatic rings. The lowest BCUT2D eigenvalue weighted by Gasteiger charge is -2.27. The SMILES string of the molecule is Cc1cc(N2CCCCC2=O)ccc1C#CCN. The van der Waals surface area contributed by atoms with Gasteiger partial charge < -0.3 is 10.6 Å². The van der Waals surface area contributed by atoms with Crippen molar-refractivity contribution in [3.8, 4) is 11.8 Å². The van der Waals surface area contributed by atoms with Gasteiger partial charge in [-0.25, -0.2) is 0 Å². The number of nitrogens with zero attached hydrogens (tertiary/aromatic N) is 1. The zero-order valence-corrected chi connectivity index (χ0v) is 10.7. The van der Waals surface area contributed by atoms with Gasteiger partial charge in [-0.15, -0.1) is 0 Å². The minimum absolute atomic E-state index is 0.224. The molecule has 0 radical (unpaired) electrons. The van der Waals surface area contributed by atoms with E-state index < -0.39 is 0 Å². The van der Waals surface area contributed by atoms with Crippen molar-refractivity contribution in [2.24, 2.45) is 5.73 Å². The van der Waals surface area contributed by atoms with Crippen LogP contribution in [0.25, 0.3) is 0 Å². The molecule has 0 spiro atoms. The molecule has 0 atom stereocenters. The summed E-state index contributed by atoms with van der Waals surface area (Å²) < 4.78 is 0. The lowest BCUT2D eigenvalue weighted by atomic mass is 10.1. The van der Waals surface area contributed by atoms with Crippen LogP contribution in [0, 0.1) is 18.8 Å². The number of amides is 1. The van der Waals surface area contributed by atoms with Crippen LogP contribution >= 0.6 is 0 Å². The van der Waals surface area contributed by atoms with E-state index in [1.165, 1.54) is 0 Å². The molecule has 0 unspecified atom stereocenters. The summed E-state index contributed by atoms with van der Waals surface area (Å²) in [6.45, 7) is 3.20. The Kier molecular flexibility index (Phi) is 4.01. The minimum Gasteiger partial charge on any atom is -0.320 e. The van der Waals surface area contributed by atoms with Crippen LogP contribution in [-0.4, -0.2) is 19.0 Å². The molecule has 1 heterocycles. The third-order valence-corrected chi connectivity index (χ3v) is 3.17. The van der Waals surface area contributed by atoms with Crippen molar-refractivity contribution in [3.05, 3.63) is 29.3 Å². The Bertz CT molecular complexity index is 511. The maximum absolute atomic E-state index is 11.8. The van der Waals surface area contributed by atoms with Crippen molar-refractivity contribution in [1.82, 2.24) is 0 Å². The average molecular weight is 242 g/mol. The van der Waals surface area contributed by atoms with Gasteiger partial charge >= 0.3 is 0 Å². The van der Waals surface area contributed by atoms with E-state index in [-0.39, 0.29) is 5.91 Å². The quantitative estimate of drug-likeness (QED) is 0.764. The topological polar surface area (TPSA) is 46.3 Å². The first kappa shape index (κ1) is 12.7. The van der Waals surface area contributed by atoms with E-state index in [2.05, 4.69) is 11.8 Å². The third kappa shape index (κ3) is 2.72. The molecule has 1 aromatic carbocycles. The molecule has 18 heavy (non-hydrogen) atoms. The zero-order chi connectivity index (χ0) is 13.0.